The molecule has 0 spiro atoms. The quantitative estimate of drug-likeness (QED) is 0.292. The van der Waals surface area contributed by atoms with Crippen LogP contribution in [-0.2, 0) is 17.3 Å². The van der Waals surface area contributed by atoms with Gasteiger partial charge < -0.3 is 9.16 Å². The molecule has 2 aromatic carbocycles. The summed E-state index contributed by atoms with van der Waals surface area (Å²) in [5.41, 5.74) is 3.19. The van der Waals surface area contributed by atoms with Gasteiger partial charge in [-0.15, -0.1) is 0 Å². The molecule has 31 heavy (non-hydrogen) atoms. The van der Waals surface area contributed by atoms with Gasteiger partial charge >= 0.3 is 0 Å². The van der Waals surface area contributed by atoms with Gasteiger partial charge in [-0.25, -0.2) is 0 Å². The molecule has 0 aliphatic rings. The summed E-state index contributed by atoms with van der Waals surface area (Å²) >= 11 is 0. The average molecular weight is 441 g/mol. The molecule has 0 fully saturated rings. The zero-order chi connectivity index (χ0) is 23.2. The lowest BCUT2D eigenvalue weighted by Crippen LogP contribution is -2.43. The monoisotopic (exact) mass is 440 g/mol. The van der Waals surface area contributed by atoms with E-state index in [2.05, 4.69) is 71.1 Å². The van der Waals surface area contributed by atoms with Crippen molar-refractivity contribution in [3.8, 4) is 5.75 Å². The lowest BCUT2D eigenvalue weighted by molar-refractivity contribution is 0.101. The van der Waals surface area contributed by atoms with Gasteiger partial charge in [0.25, 0.3) is 0 Å². The zero-order valence-corrected chi connectivity index (χ0v) is 21.6. The van der Waals surface area contributed by atoms with Crippen molar-refractivity contribution in [2.24, 2.45) is 5.92 Å². The fourth-order valence-corrected chi connectivity index (χ4v) is 4.43. The number of ether oxygens (including phenoxy) is 1. The van der Waals surface area contributed by atoms with Crippen molar-refractivity contribution in [2.75, 3.05) is 6.61 Å². The molecule has 0 aromatic heterocycles. The van der Waals surface area contributed by atoms with Crippen molar-refractivity contribution in [3.05, 3.63) is 65.2 Å². The van der Waals surface area contributed by atoms with Gasteiger partial charge in [-0.05, 0) is 80.1 Å². The van der Waals surface area contributed by atoms with Crippen LogP contribution in [0, 0.1) is 5.92 Å². The van der Waals surface area contributed by atoms with Crippen molar-refractivity contribution in [3.63, 3.8) is 0 Å². The normalized spacial score (nSPS) is 14.2. The Balaban J connectivity index is 2.07. The van der Waals surface area contributed by atoms with Gasteiger partial charge in [-0.3, -0.25) is 4.79 Å². The minimum absolute atomic E-state index is 0.0626. The predicted octanol–water partition coefficient (Wildman–Crippen LogP) is 7.10. The molecule has 0 N–H and O–H groups in total. The Hall–Kier alpha value is -1.91. The molecule has 0 amide bonds. The molecule has 0 bridgehead atoms. The first-order valence-electron chi connectivity index (χ1n) is 11.4. The molecule has 0 saturated carbocycles. The number of benzene rings is 2. The molecule has 3 nitrogen and oxygen atoms in total. The second kappa shape index (κ2) is 10.6. The van der Waals surface area contributed by atoms with E-state index in [1.165, 1.54) is 5.56 Å². The summed E-state index contributed by atoms with van der Waals surface area (Å²) in [4.78, 5) is 12.1. The van der Waals surface area contributed by atoms with Crippen LogP contribution in [0.15, 0.2) is 48.5 Å². The lowest BCUT2D eigenvalue weighted by Gasteiger charge is -2.36. The maximum atomic E-state index is 12.1. The van der Waals surface area contributed by atoms with Crippen LogP contribution >= 0.6 is 0 Å². The molecule has 4 heteroatoms. The highest BCUT2D eigenvalue weighted by Crippen LogP contribution is 2.36. The second-order valence-electron chi connectivity index (χ2n) is 10.4. The summed E-state index contributed by atoms with van der Waals surface area (Å²) < 4.78 is 12.5. The average Bonchev–Trinajstić information content (AvgIpc) is 2.66. The Morgan fingerprint density at radius 3 is 2.16 bits per heavy atom. The molecule has 170 valence electrons. The molecule has 0 radical (unpaired) electrons. The standard InChI is InChI=1S/C27H40O3Si/c1-20(14-23-12-10-9-11-13-23)15-24-16-25(22(3)28)18-26(17-24)30-21(2)19-29-31(7,8)27(4,5)6/h9-13,16-18,20-21H,14-15,19H2,1-8H3/t20-,21-/m0/s1. The SMILES string of the molecule is CC(=O)c1cc(C[C@@H](C)Cc2ccccc2)cc(O[C@@H](C)CO[Si](C)(C)C(C)(C)C)c1. The first-order valence-corrected chi connectivity index (χ1v) is 14.3. The van der Waals surface area contributed by atoms with Crippen LogP contribution in [0.3, 0.4) is 0 Å². The number of carbonyl (C=O) groups is 1. The Morgan fingerprint density at radius 2 is 1.58 bits per heavy atom. The number of Topliss-reactive ketones (excluding diaryl/α,β-unsaturated/α-hetero) is 1. The maximum absolute atomic E-state index is 12.1. The number of carbonyl (C=O) groups excluding carboxylic acids is 1. The number of hydrogen-bond donors (Lipinski definition) is 0. The first kappa shape index (κ1) is 25.3. The van der Waals surface area contributed by atoms with E-state index in [9.17, 15) is 4.79 Å². The highest BCUT2D eigenvalue weighted by molar-refractivity contribution is 6.74. The fraction of sp³-hybridized carbons (Fsp3) is 0.519. The largest absolute Gasteiger partial charge is 0.488 e. The minimum Gasteiger partial charge on any atom is -0.488 e. The van der Waals surface area contributed by atoms with Crippen molar-refractivity contribution < 1.29 is 14.0 Å². The molecule has 2 aromatic rings. The Morgan fingerprint density at radius 1 is 0.968 bits per heavy atom. The highest BCUT2D eigenvalue weighted by Gasteiger charge is 2.37. The molecule has 2 atom stereocenters. The van der Waals surface area contributed by atoms with E-state index in [-0.39, 0.29) is 16.9 Å². The second-order valence-corrected chi connectivity index (χ2v) is 15.2. The fourth-order valence-electron chi connectivity index (χ4n) is 3.35. The van der Waals surface area contributed by atoms with E-state index < -0.39 is 8.32 Å². The van der Waals surface area contributed by atoms with E-state index >= 15 is 0 Å². The van der Waals surface area contributed by atoms with E-state index in [0.717, 1.165) is 24.2 Å². The molecule has 0 aliphatic heterocycles. The summed E-state index contributed by atoms with van der Waals surface area (Å²) in [6.07, 6.45) is 1.84. The van der Waals surface area contributed by atoms with E-state index in [1.807, 2.05) is 25.1 Å². The molecule has 0 heterocycles. The summed E-state index contributed by atoms with van der Waals surface area (Å²) in [6, 6.07) is 16.5. The van der Waals surface area contributed by atoms with Crippen molar-refractivity contribution >= 4 is 14.1 Å². The van der Waals surface area contributed by atoms with Crippen LogP contribution in [-0.4, -0.2) is 26.8 Å². The van der Waals surface area contributed by atoms with Gasteiger partial charge in [-0.1, -0.05) is 58.0 Å². The van der Waals surface area contributed by atoms with Gasteiger partial charge in [0.1, 0.15) is 11.9 Å². The van der Waals surface area contributed by atoms with Crippen molar-refractivity contribution in [1.29, 1.82) is 0 Å². The van der Waals surface area contributed by atoms with Crippen LogP contribution in [0.4, 0.5) is 0 Å². The highest BCUT2D eigenvalue weighted by atomic mass is 28.4. The predicted molar refractivity (Wildman–Crippen MR) is 133 cm³/mol. The summed E-state index contributed by atoms with van der Waals surface area (Å²) in [6.45, 7) is 17.7. The van der Waals surface area contributed by atoms with Gasteiger partial charge in [0.2, 0.25) is 0 Å². The first-order chi connectivity index (χ1) is 14.4. The van der Waals surface area contributed by atoms with Crippen LogP contribution in [0.1, 0.15) is 63.0 Å². The van der Waals surface area contributed by atoms with Gasteiger partial charge in [0.15, 0.2) is 14.1 Å². The van der Waals surface area contributed by atoms with Crippen LogP contribution in [0.2, 0.25) is 18.1 Å². The summed E-state index contributed by atoms with van der Waals surface area (Å²) in [5.74, 6) is 1.28. The van der Waals surface area contributed by atoms with Gasteiger partial charge in [0, 0.05) is 5.56 Å². The molecular weight excluding hydrogens is 400 g/mol. The van der Waals surface area contributed by atoms with Gasteiger partial charge in [-0.2, -0.15) is 0 Å². The smallest absolute Gasteiger partial charge is 0.192 e. The van der Waals surface area contributed by atoms with Crippen LogP contribution < -0.4 is 4.74 Å². The molecular formula is C27H40O3Si. The molecule has 2 rings (SSSR count). The minimum atomic E-state index is -1.82. The Bertz CT molecular complexity index is 853. The third-order valence-corrected chi connectivity index (χ3v) is 10.7. The summed E-state index contributed by atoms with van der Waals surface area (Å²) in [5, 5.41) is 0.170. The van der Waals surface area contributed by atoms with E-state index in [0.29, 0.717) is 18.1 Å². The van der Waals surface area contributed by atoms with E-state index in [4.69, 9.17) is 9.16 Å². The third kappa shape index (κ3) is 7.93. The Kier molecular flexibility index (Phi) is 8.67. The van der Waals surface area contributed by atoms with Crippen molar-refractivity contribution in [1.82, 2.24) is 0 Å². The van der Waals surface area contributed by atoms with Crippen molar-refractivity contribution in [2.45, 2.75) is 78.6 Å². The number of hydrogen-bond acceptors (Lipinski definition) is 3. The van der Waals surface area contributed by atoms with E-state index in [1.54, 1.807) is 6.92 Å². The molecule has 0 unspecified atom stereocenters. The third-order valence-electron chi connectivity index (χ3n) is 6.21. The molecule has 0 saturated heterocycles. The van der Waals surface area contributed by atoms with Crippen LogP contribution in [0.5, 0.6) is 5.75 Å². The molecule has 0 aliphatic carbocycles. The zero-order valence-electron chi connectivity index (χ0n) is 20.6. The van der Waals surface area contributed by atoms with Gasteiger partial charge in [0.05, 0.1) is 6.61 Å². The Labute approximate surface area is 190 Å². The summed E-state index contributed by atoms with van der Waals surface area (Å²) in [7, 11) is -1.82. The number of rotatable bonds is 10. The number of ketones is 1. The maximum Gasteiger partial charge on any atom is 0.192 e. The lowest BCUT2D eigenvalue weighted by atomic mass is 9.93. The van der Waals surface area contributed by atoms with Crippen LogP contribution in [0.25, 0.3) is 0 Å². The topological polar surface area (TPSA) is 35.5 Å².